The van der Waals surface area contributed by atoms with Crippen LogP contribution in [-0.4, -0.2) is 28.2 Å². The largest absolute Gasteiger partial charge is 0.493 e. The van der Waals surface area contributed by atoms with Crippen LogP contribution in [0, 0.1) is 0 Å². The predicted molar refractivity (Wildman–Crippen MR) is 91.7 cm³/mol. The minimum atomic E-state index is -3.69. The highest BCUT2D eigenvalue weighted by Crippen LogP contribution is 2.35. The van der Waals surface area contributed by atoms with Gasteiger partial charge in [0.05, 0.1) is 30.8 Å². The van der Waals surface area contributed by atoms with Crippen LogP contribution in [0.5, 0.6) is 17.2 Å². The van der Waals surface area contributed by atoms with E-state index in [0.29, 0.717) is 37.7 Å². The van der Waals surface area contributed by atoms with Crippen LogP contribution in [0.25, 0.3) is 0 Å². The standard InChI is InChI=1S/C18H19NO5S/c20-25(21,13-6-7-17-18(12-13)23-10-3-9-22-17)19-15-8-11-24-16-5-2-1-4-14(15)16/h1-2,4-7,12,15,19H,3,8-11H2/t15-/m1/s1. The minimum Gasteiger partial charge on any atom is -0.493 e. The summed E-state index contributed by atoms with van der Waals surface area (Å²) in [5, 5.41) is 0. The van der Waals surface area contributed by atoms with Crippen molar-refractivity contribution in [3.63, 3.8) is 0 Å². The van der Waals surface area contributed by atoms with Crippen LogP contribution in [0.15, 0.2) is 47.4 Å². The van der Waals surface area contributed by atoms with Crippen molar-refractivity contribution in [3.05, 3.63) is 48.0 Å². The van der Waals surface area contributed by atoms with Crippen molar-refractivity contribution in [1.29, 1.82) is 0 Å². The van der Waals surface area contributed by atoms with E-state index in [1.807, 2.05) is 24.3 Å². The topological polar surface area (TPSA) is 73.9 Å². The number of fused-ring (bicyclic) bond motifs is 2. The van der Waals surface area contributed by atoms with Crippen LogP contribution >= 0.6 is 0 Å². The third-order valence-electron chi connectivity index (χ3n) is 4.29. The molecule has 2 aromatic rings. The number of benzene rings is 2. The smallest absolute Gasteiger partial charge is 0.241 e. The van der Waals surface area contributed by atoms with Gasteiger partial charge < -0.3 is 14.2 Å². The molecule has 7 heteroatoms. The maximum atomic E-state index is 12.8. The summed E-state index contributed by atoms with van der Waals surface area (Å²) in [7, 11) is -3.69. The molecule has 0 fully saturated rings. The molecule has 2 heterocycles. The average molecular weight is 361 g/mol. The van der Waals surface area contributed by atoms with Crippen molar-refractivity contribution >= 4 is 10.0 Å². The average Bonchev–Trinajstić information content (AvgIpc) is 2.86. The molecule has 0 aliphatic carbocycles. The molecule has 25 heavy (non-hydrogen) atoms. The third kappa shape index (κ3) is 3.29. The maximum Gasteiger partial charge on any atom is 0.241 e. The van der Waals surface area contributed by atoms with Gasteiger partial charge in [-0.2, -0.15) is 0 Å². The Labute approximate surface area is 146 Å². The Morgan fingerprint density at radius 1 is 0.880 bits per heavy atom. The van der Waals surface area contributed by atoms with E-state index in [1.165, 1.54) is 6.07 Å². The Morgan fingerprint density at radius 3 is 2.52 bits per heavy atom. The summed E-state index contributed by atoms with van der Waals surface area (Å²) >= 11 is 0. The molecule has 4 rings (SSSR count). The van der Waals surface area contributed by atoms with E-state index in [9.17, 15) is 8.42 Å². The molecule has 0 amide bonds. The van der Waals surface area contributed by atoms with E-state index in [1.54, 1.807) is 12.1 Å². The normalized spacial score (nSPS) is 19.4. The molecule has 0 spiro atoms. The lowest BCUT2D eigenvalue weighted by atomic mass is 10.0. The highest BCUT2D eigenvalue weighted by Gasteiger charge is 2.27. The number of sulfonamides is 1. The van der Waals surface area contributed by atoms with Gasteiger partial charge in [0.1, 0.15) is 5.75 Å². The molecule has 2 aromatic carbocycles. The lowest BCUT2D eigenvalue weighted by Gasteiger charge is -2.26. The summed E-state index contributed by atoms with van der Waals surface area (Å²) in [5.41, 5.74) is 0.853. The van der Waals surface area contributed by atoms with E-state index >= 15 is 0 Å². The fraction of sp³-hybridized carbons (Fsp3) is 0.333. The zero-order chi connectivity index (χ0) is 17.3. The second-order valence-electron chi connectivity index (χ2n) is 6.01. The fourth-order valence-electron chi connectivity index (χ4n) is 3.03. The molecule has 132 valence electrons. The first-order valence-corrected chi connectivity index (χ1v) is 9.75. The molecule has 2 aliphatic heterocycles. The van der Waals surface area contributed by atoms with Crippen molar-refractivity contribution in [1.82, 2.24) is 4.72 Å². The number of nitrogens with one attached hydrogen (secondary N) is 1. The van der Waals surface area contributed by atoms with E-state index in [0.717, 1.165) is 17.7 Å². The van der Waals surface area contributed by atoms with E-state index in [-0.39, 0.29) is 10.9 Å². The summed E-state index contributed by atoms with van der Waals surface area (Å²) in [6, 6.07) is 11.9. The Bertz CT molecular complexity index is 881. The molecular formula is C18H19NO5S. The quantitative estimate of drug-likeness (QED) is 0.910. The molecule has 1 atom stereocenters. The van der Waals surface area contributed by atoms with Crippen molar-refractivity contribution < 1.29 is 22.6 Å². The lowest BCUT2D eigenvalue weighted by molar-refractivity contribution is 0.263. The maximum absolute atomic E-state index is 12.8. The Hall–Kier alpha value is -2.25. The first-order chi connectivity index (χ1) is 12.1. The summed E-state index contributed by atoms with van der Waals surface area (Å²) in [6.45, 7) is 1.55. The molecule has 0 saturated carbocycles. The highest BCUT2D eigenvalue weighted by atomic mass is 32.2. The van der Waals surface area contributed by atoms with Gasteiger partial charge in [0.25, 0.3) is 0 Å². The molecule has 6 nitrogen and oxygen atoms in total. The lowest BCUT2D eigenvalue weighted by Crippen LogP contribution is -2.32. The van der Waals surface area contributed by atoms with Crippen LogP contribution in [0.3, 0.4) is 0 Å². The summed E-state index contributed by atoms with van der Waals surface area (Å²) < 4.78 is 45.2. The van der Waals surface area contributed by atoms with Crippen LogP contribution in [0.1, 0.15) is 24.4 Å². The Balaban J connectivity index is 1.62. The number of hydrogen-bond acceptors (Lipinski definition) is 5. The summed E-state index contributed by atoms with van der Waals surface area (Å²) in [5.74, 6) is 1.76. The van der Waals surface area contributed by atoms with Crippen molar-refractivity contribution in [2.75, 3.05) is 19.8 Å². The van der Waals surface area contributed by atoms with Gasteiger partial charge in [0.15, 0.2) is 11.5 Å². The minimum absolute atomic E-state index is 0.167. The van der Waals surface area contributed by atoms with Crippen molar-refractivity contribution in [2.45, 2.75) is 23.8 Å². The van der Waals surface area contributed by atoms with Gasteiger partial charge in [-0.15, -0.1) is 0 Å². The number of hydrogen-bond donors (Lipinski definition) is 1. The number of rotatable bonds is 3. The highest BCUT2D eigenvalue weighted by molar-refractivity contribution is 7.89. The van der Waals surface area contributed by atoms with Crippen molar-refractivity contribution in [2.24, 2.45) is 0 Å². The van der Waals surface area contributed by atoms with Crippen LogP contribution in [-0.2, 0) is 10.0 Å². The van der Waals surface area contributed by atoms with Crippen molar-refractivity contribution in [3.8, 4) is 17.2 Å². The second-order valence-corrected chi connectivity index (χ2v) is 7.72. The zero-order valence-electron chi connectivity index (χ0n) is 13.6. The van der Waals surface area contributed by atoms with Gasteiger partial charge >= 0.3 is 0 Å². The molecule has 0 saturated heterocycles. The summed E-state index contributed by atoms with van der Waals surface area (Å²) in [6.07, 6.45) is 1.36. The molecule has 0 bridgehead atoms. The molecule has 0 aromatic heterocycles. The van der Waals surface area contributed by atoms with Gasteiger partial charge in [-0.1, -0.05) is 18.2 Å². The van der Waals surface area contributed by atoms with Crippen LogP contribution in [0.2, 0.25) is 0 Å². The number of para-hydroxylation sites is 1. The first kappa shape index (κ1) is 16.2. The zero-order valence-corrected chi connectivity index (χ0v) is 14.4. The van der Waals surface area contributed by atoms with E-state index in [4.69, 9.17) is 14.2 Å². The molecule has 0 unspecified atom stereocenters. The molecule has 0 radical (unpaired) electrons. The SMILES string of the molecule is O=S(=O)(N[C@@H]1CCOc2ccccc21)c1ccc2c(c1)OCCCO2. The van der Waals surface area contributed by atoms with Gasteiger partial charge in [-0.05, 0) is 18.2 Å². The fourth-order valence-corrected chi connectivity index (χ4v) is 4.30. The van der Waals surface area contributed by atoms with Gasteiger partial charge in [-0.3, -0.25) is 0 Å². The van der Waals surface area contributed by atoms with Gasteiger partial charge in [-0.25, -0.2) is 13.1 Å². The van der Waals surface area contributed by atoms with Crippen LogP contribution < -0.4 is 18.9 Å². The second kappa shape index (κ2) is 6.57. The first-order valence-electron chi connectivity index (χ1n) is 8.27. The van der Waals surface area contributed by atoms with Gasteiger partial charge in [0, 0.05) is 24.5 Å². The van der Waals surface area contributed by atoms with Crippen LogP contribution in [0.4, 0.5) is 0 Å². The Morgan fingerprint density at radius 2 is 1.64 bits per heavy atom. The molecule has 1 N–H and O–H groups in total. The Kier molecular flexibility index (Phi) is 4.27. The molecular weight excluding hydrogens is 342 g/mol. The van der Waals surface area contributed by atoms with Gasteiger partial charge in [0.2, 0.25) is 10.0 Å². The predicted octanol–water partition coefficient (Wildman–Crippen LogP) is 2.65. The summed E-state index contributed by atoms with van der Waals surface area (Å²) in [4.78, 5) is 0.167. The van der Waals surface area contributed by atoms with E-state index in [2.05, 4.69) is 4.72 Å². The van der Waals surface area contributed by atoms with E-state index < -0.39 is 10.0 Å². The third-order valence-corrected chi connectivity index (χ3v) is 5.75. The monoisotopic (exact) mass is 361 g/mol. The molecule has 2 aliphatic rings. The number of ether oxygens (including phenoxy) is 3.